The van der Waals surface area contributed by atoms with E-state index < -0.39 is 0 Å². The molecule has 0 fully saturated rings. The van der Waals surface area contributed by atoms with Gasteiger partial charge in [-0.1, -0.05) is 32.4 Å². The van der Waals surface area contributed by atoms with Gasteiger partial charge in [0.15, 0.2) is 0 Å². The molecule has 7 nitrogen and oxygen atoms in total. The van der Waals surface area contributed by atoms with Crippen LogP contribution in [0.3, 0.4) is 0 Å². The lowest BCUT2D eigenvalue weighted by Crippen LogP contribution is -2.30. The molecule has 3 rings (SSSR count). The van der Waals surface area contributed by atoms with Crippen molar-refractivity contribution in [3.8, 4) is 0 Å². The summed E-state index contributed by atoms with van der Waals surface area (Å²) in [7, 11) is 0. The highest BCUT2D eigenvalue weighted by Crippen LogP contribution is 2.27. The van der Waals surface area contributed by atoms with Crippen LogP contribution in [0.4, 0.5) is 21.9 Å². The summed E-state index contributed by atoms with van der Waals surface area (Å²) < 4.78 is 5.56. The summed E-state index contributed by atoms with van der Waals surface area (Å²) in [5.41, 5.74) is 3.64. The van der Waals surface area contributed by atoms with Crippen molar-refractivity contribution in [3.63, 3.8) is 0 Å². The number of amides is 3. The van der Waals surface area contributed by atoms with E-state index in [1.165, 1.54) is 0 Å². The van der Waals surface area contributed by atoms with Gasteiger partial charge in [0.1, 0.15) is 5.76 Å². The predicted octanol–water partition coefficient (Wildman–Crippen LogP) is 6.18. The predicted molar refractivity (Wildman–Crippen MR) is 138 cm³/mol. The number of aryl methyl sites for hydroxylation is 1. The SMILES string of the molecule is CCCCN(Cc1ccco1)c1ccc(NC(=O)Nc2cccc(C)c2)cc1C(=O)NCCC. The summed E-state index contributed by atoms with van der Waals surface area (Å²) in [4.78, 5) is 27.8. The molecule has 0 atom stereocenters. The number of rotatable bonds is 11. The van der Waals surface area contributed by atoms with Crippen LogP contribution >= 0.6 is 0 Å². The van der Waals surface area contributed by atoms with Crippen LogP contribution in [0, 0.1) is 6.92 Å². The van der Waals surface area contributed by atoms with E-state index in [0.29, 0.717) is 30.0 Å². The highest BCUT2D eigenvalue weighted by atomic mass is 16.3. The van der Waals surface area contributed by atoms with Crippen molar-refractivity contribution in [2.24, 2.45) is 0 Å². The van der Waals surface area contributed by atoms with Crippen LogP contribution in [0.2, 0.25) is 0 Å². The minimum atomic E-state index is -0.364. The van der Waals surface area contributed by atoms with Crippen molar-refractivity contribution in [2.75, 3.05) is 28.6 Å². The molecule has 0 saturated carbocycles. The van der Waals surface area contributed by atoms with E-state index in [2.05, 4.69) is 27.8 Å². The monoisotopic (exact) mass is 462 g/mol. The number of hydrogen-bond donors (Lipinski definition) is 3. The third kappa shape index (κ3) is 7.13. The lowest BCUT2D eigenvalue weighted by atomic mass is 10.1. The molecule has 0 aliphatic heterocycles. The zero-order chi connectivity index (χ0) is 24.3. The minimum Gasteiger partial charge on any atom is -0.467 e. The highest BCUT2D eigenvalue weighted by Gasteiger charge is 2.19. The fourth-order valence-corrected chi connectivity index (χ4v) is 3.65. The van der Waals surface area contributed by atoms with Crippen LogP contribution in [0.25, 0.3) is 0 Å². The van der Waals surface area contributed by atoms with E-state index in [1.807, 2.05) is 62.4 Å². The molecule has 7 heteroatoms. The standard InChI is InChI=1S/C27H34N4O3/c1-4-6-15-31(19-23-11-8-16-34-23)25-13-12-22(18-24(25)26(32)28-14-5-2)30-27(33)29-21-10-7-9-20(3)17-21/h7-13,16-18H,4-6,14-15,19H2,1-3H3,(H,28,32)(H2,29,30,33). The van der Waals surface area contributed by atoms with E-state index in [1.54, 1.807) is 12.3 Å². The van der Waals surface area contributed by atoms with E-state index in [9.17, 15) is 9.59 Å². The molecule has 0 saturated heterocycles. The van der Waals surface area contributed by atoms with E-state index in [-0.39, 0.29) is 11.9 Å². The second-order valence-corrected chi connectivity index (χ2v) is 8.29. The van der Waals surface area contributed by atoms with Crippen molar-refractivity contribution < 1.29 is 14.0 Å². The van der Waals surface area contributed by atoms with Crippen LogP contribution in [0.15, 0.2) is 65.3 Å². The van der Waals surface area contributed by atoms with Gasteiger partial charge < -0.3 is 25.3 Å². The third-order valence-corrected chi connectivity index (χ3v) is 5.36. The number of nitrogens with one attached hydrogen (secondary N) is 3. The third-order valence-electron chi connectivity index (χ3n) is 5.36. The molecule has 0 aliphatic carbocycles. The first-order valence-corrected chi connectivity index (χ1v) is 11.8. The molecule has 3 aromatic rings. The van der Waals surface area contributed by atoms with E-state index in [0.717, 1.165) is 42.8 Å². The molecule has 0 bridgehead atoms. The van der Waals surface area contributed by atoms with Gasteiger partial charge in [0.2, 0.25) is 0 Å². The van der Waals surface area contributed by atoms with Gasteiger partial charge in [0.05, 0.1) is 24.1 Å². The summed E-state index contributed by atoms with van der Waals surface area (Å²) in [6, 6.07) is 16.5. The van der Waals surface area contributed by atoms with E-state index >= 15 is 0 Å². The molecule has 2 aromatic carbocycles. The number of hydrogen-bond acceptors (Lipinski definition) is 4. The molecule has 0 spiro atoms. The Morgan fingerprint density at radius 2 is 1.74 bits per heavy atom. The maximum Gasteiger partial charge on any atom is 0.323 e. The summed E-state index contributed by atoms with van der Waals surface area (Å²) >= 11 is 0. The molecule has 34 heavy (non-hydrogen) atoms. The smallest absolute Gasteiger partial charge is 0.323 e. The van der Waals surface area contributed by atoms with Crippen molar-refractivity contribution in [1.29, 1.82) is 0 Å². The molecular weight excluding hydrogens is 428 g/mol. The number of furan rings is 1. The molecule has 1 heterocycles. The lowest BCUT2D eigenvalue weighted by molar-refractivity contribution is 0.0954. The first-order chi connectivity index (χ1) is 16.5. The minimum absolute atomic E-state index is 0.166. The van der Waals surface area contributed by atoms with Gasteiger partial charge in [-0.15, -0.1) is 0 Å². The van der Waals surface area contributed by atoms with Crippen molar-refractivity contribution >= 4 is 29.0 Å². The molecule has 3 amide bonds. The maximum atomic E-state index is 13.1. The molecule has 180 valence electrons. The summed E-state index contributed by atoms with van der Waals surface area (Å²) in [5, 5.41) is 8.65. The summed E-state index contributed by atoms with van der Waals surface area (Å²) in [6.45, 7) is 8.04. The number of carbonyl (C=O) groups is 2. The maximum absolute atomic E-state index is 13.1. The van der Waals surface area contributed by atoms with Crippen molar-refractivity contribution in [2.45, 2.75) is 46.6 Å². The quantitative estimate of drug-likeness (QED) is 0.318. The molecule has 3 N–H and O–H groups in total. The van der Waals surface area contributed by atoms with Gasteiger partial charge in [-0.25, -0.2) is 4.79 Å². The fraction of sp³-hybridized carbons (Fsp3) is 0.333. The van der Waals surface area contributed by atoms with Crippen LogP contribution in [-0.4, -0.2) is 25.0 Å². The first kappa shape index (κ1) is 24.9. The largest absolute Gasteiger partial charge is 0.467 e. The Morgan fingerprint density at radius 1 is 0.941 bits per heavy atom. The van der Waals surface area contributed by atoms with Crippen LogP contribution in [-0.2, 0) is 6.54 Å². The van der Waals surface area contributed by atoms with Gasteiger partial charge in [-0.2, -0.15) is 0 Å². The summed E-state index contributed by atoms with van der Waals surface area (Å²) in [6.07, 6.45) is 4.51. The number of nitrogens with zero attached hydrogens (tertiary/aromatic N) is 1. The molecular formula is C27H34N4O3. The van der Waals surface area contributed by atoms with Gasteiger partial charge in [0, 0.05) is 24.5 Å². The normalized spacial score (nSPS) is 10.6. The van der Waals surface area contributed by atoms with Crippen LogP contribution in [0.1, 0.15) is 54.8 Å². The topological polar surface area (TPSA) is 86.6 Å². The zero-order valence-electron chi connectivity index (χ0n) is 20.2. The Bertz CT molecular complexity index is 1080. The summed E-state index contributed by atoms with van der Waals surface area (Å²) in [5.74, 6) is 0.663. The Balaban J connectivity index is 1.86. The van der Waals surface area contributed by atoms with Gasteiger partial charge in [-0.05, 0) is 67.8 Å². The molecule has 0 radical (unpaired) electrons. The number of unbranched alkanes of at least 4 members (excludes halogenated alkanes) is 1. The lowest BCUT2D eigenvalue weighted by Gasteiger charge is -2.26. The number of benzene rings is 2. The highest BCUT2D eigenvalue weighted by molar-refractivity contribution is 6.04. The number of carbonyl (C=O) groups excluding carboxylic acids is 2. The second kappa shape index (κ2) is 12.5. The average molecular weight is 463 g/mol. The van der Waals surface area contributed by atoms with E-state index in [4.69, 9.17) is 4.42 Å². The Labute approximate surface area is 201 Å². The second-order valence-electron chi connectivity index (χ2n) is 8.29. The molecule has 0 unspecified atom stereocenters. The van der Waals surface area contributed by atoms with Crippen LogP contribution in [0.5, 0.6) is 0 Å². The first-order valence-electron chi connectivity index (χ1n) is 11.8. The van der Waals surface area contributed by atoms with Crippen LogP contribution < -0.4 is 20.9 Å². The number of anilines is 3. The van der Waals surface area contributed by atoms with Gasteiger partial charge in [-0.3, -0.25) is 4.79 Å². The van der Waals surface area contributed by atoms with Crippen molar-refractivity contribution in [1.82, 2.24) is 5.32 Å². The molecule has 0 aliphatic rings. The fourth-order valence-electron chi connectivity index (χ4n) is 3.65. The van der Waals surface area contributed by atoms with Gasteiger partial charge in [0.25, 0.3) is 5.91 Å². The Kier molecular flexibility index (Phi) is 9.14. The molecule has 1 aromatic heterocycles. The zero-order valence-corrected chi connectivity index (χ0v) is 20.2. The Hall–Kier alpha value is -3.74. The van der Waals surface area contributed by atoms with Gasteiger partial charge >= 0.3 is 6.03 Å². The Morgan fingerprint density at radius 3 is 2.41 bits per heavy atom. The van der Waals surface area contributed by atoms with Crippen molar-refractivity contribution in [3.05, 3.63) is 77.7 Å². The number of urea groups is 1. The average Bonchev–Trinajstić information content (AvgIpc) is 3.33.